The van der Waals surface area contributed by atoms with Gasteiger partial charge in [-0.15, -0.1) is 0 Å². The second-order valence-electron chi connectivity index (χ2n) is 5.12. The molecule has 0 saturated carbocycles. The van der Waals surface area contributed by atoms with Crippen molar-refractivity contribution >= 4 is 17.5 Å². The third-order valence-corrected chi connectivity index (χ3v) is 3.85. The molecule has 0 radical (unpaired) electrons. The summed E-state index contributed by atoms with van der Waals surface area (Å²) >= 11 is 0. The molecule has 0 amide bonds. The van der Waals surface area contributed by atoms with Crippen LogP contribution in [0.2, 0.25) is 0 Å². The second-order valence-corrected chi connectivity index (χ2v) is 5.12. The molecule has 5 nitrogen and oxygen atoms in total. The van der Waals surface area contributed by atoms with Crippen molar-refractivity contribution in [3.05, 3.63) is 0 Å². The van der Waals surface area contributed by atoms with Crippen LogP contribution in [-0.2, 0) is 19.1 Å². The Morgan fingerprint density at radius 3 is 2.20 bits per heavy atom. The number of carbonyl (C=O) groups excluding carboxylic acids is 3. The number of aliphatic hydroxyl groups is 1. The van der Waals surface area contributed by atoms with Gasteiger partial charge in [-0.05, 0) is 32.6 Å². The Morgan fingerprint density at radius 2 is 1.80 bits per heavy atom. The lowest BCUT2D eigenvalue weighted by Crippen LogP contribution is -2.40. The highest BCUT2D eigenvalue weighted by Gasteiger charge is 2.44. The minimum absolute atomic E-state index is 0.00979. The summed E-state index contributed by atoms with van der Waals surface area (Å²) in [5.41, 5.74) is -1.31. The van der Waals surface area contributed by atoms with Gasteiger partial charge in [0.25, 0.3) is 0 Å². The minimum Gasteiger partial charge on any atom is -0.468 e. The fourth-order valence-corrected chi connectivity index (χ4v) is 2.17. The molecule has 0 fully saturated rings. The van der Waals surface area contributed by atoms with Crippen LogP contribution in [0.25, 0.3) is 0 Å². The van der Waals surface area contributed by atoms with Gasteiger partial charge in [-0.2, -0.15) is 0 Å². The minimum atomic E-state index is -1.31. The van der Waals surface area contributed by atoms with E-state index in [2.05, 4.69) is 0 Å². The molecular formula is C15H26O5. The van der Waals surface area contributed by atoms with E-state index >= 15 is 0 Å². The molecule has 0 aromatic carbocycles. The maximum Gasteiger partial charge on any atom is 0.319 e. The van der Waals surface area contributed by atoms with Crippen LogP contribution < -0.4 is 0 Å². The first-order chi connectivity index (χ1) is 9.33. The van der Waals surface area contributed by atoms with E-state index in [1.54, 1.807) is 6.92 Å². The number of rotatable bonds is 10. The standard InChI is InChI=1S/C15H26O5/c1-5-12(17)7-9-15(11(3)16,14(19)20-4)10-8-13(18)6-2/h12,17H,5-10H2,1-4H3. The number of esters is 1. The van der Waals surface area contributed by atoms with Gasteiger partial charge in [0.15, 0.2) is 0 Å². The Labute approximate surface area is 120 Å². The van der Waals surface area contributed by atoms with Crippen LogP contribution in [0.4, 0.5) is 0 Å². The largest absolute Gasteiger partial charge is 0.468 e. The highest BCUT2D eigenvalue weighted by Crippen LogP contribution is 2.34. The maximum absolute atomic E-state index is 12.0. The molecule has 0 saturated heterocycles. The molecule has 0 aliphatic carbocycles. The lowest BCUT2D eigenvalue weighted by atomic mass is 9.74. The third-order valence-electron chi connectivity index (χ3n) is 3.85. The molecule has 5 heteroatoms. The molecule has 116 valence electrons. The van der Waals surface area contributed by atoms with Gasteiger partial charge < -0.3 is 9.84 Å². The van der Waals surface area contributed by atoms with E-state index in [0.717, 1.165) is 0 Å². The van der Waals surface area contributed by atoms with Crippen LogP contribution in [0.1, 0.15) is 59.3 Å². The summed E-state index contributed by atoms with van der Waals surface area (Å²) in [6, 6.07) is 0. The van der Waals surface area contributed by atoms with Gasteiger partial charge in [0, 0.05) is 12.8 Å². The van der Waals surface area contributed by atoms with Gasteiger partial charge in [0.1, 0.15) is 17.0 Å². The van der Waals surface area contributed by atoms with Crippen LogP contribution >= 0.6 is 0 Å². The summed E-state index contributed by atoms with van der Waals surface area (Å²) in [5, 5.41) is 9.65. The predicted molar refractivity (Wildman–Crippen MR) is 75.2 cm³/mol. The Kier molecular flexibility index (Phi) is 8.30. The van der Waals surface area contributed by atoms with Gasteiger partial charge in [0.2, 0.25) is 0 Å². The smallest absolute Gasteiger partial charge is 0.319 e. The van der Waals surface area contributed by atoms with Gasteiger partial charge >= 0.3 is 5.97 Å². The SMILES string of the molecule is CCC(=O)CCC(CCC(O)CC)(C(C)=O)C(=O)OC. The van der Waals surface area contributed by atoms with E-state index in [0.29, 0.717) is 19.3 Å². The first-order valence-electron chi connectivity index (χ1n) is 7.13. The first-order valence-corrected chi connectivity index (χ1v) is 7.13. The Morgan fingerprint density at radius 1 is 1.20 bits per heavy atom. The van der Waals surface area contributed by atoms with Crippen molar-refractivity contribution in [3.8, 4) is 0 Å². The van der Waals surface area contributed by atoms with E-state index in [1.807, 2.05) is 6.92 Å². The van der Waals surface area contributed by atoms with Crippen molar-refractivity contribution in [2.24, 2.45) is 5.41 Å². The van der Waals surface area contributed by atoms with Gasteiger partial charge in [-0.25, -0.2) is 0 Å². The summed E-state index contributed by atoms with van der Waals surface area (Å²) in [4.78, 5) is 35.5. The molecule has 1 N–H and O–H groups in total. The molecule has 0 aromatic heterocycles. The quantitative estimate of drug-likeness (QED) is 0.491. The van der Waals surface area contributed by atoms with Crippen molar-refractivity contribution in [1.29, 1.82) is 0 Å². The number of hydrogen-bond acceptors (Lipinski definition) is 5. The van der Waals surface area contributed by atoms with Crippen molar-refractivity contribution in [2.45, 2.75) is 65.4 Å². The average Bonchev–Trinajstić information content (AvgIpc) is 2.45. The molecule has 0 heterocycles. The van der Waals surface area contributed by atoms with Crippen molar-refractivity contribution in [2.75, 3.05) is 7.11 Å². The number of ether oxygens (including phenoxy) is 1. The molecule has 0 aliphatic rings. The van der Waals surface area contributed by atoms with Crippen LogP contribution in [0.15, 0.2) is 0 Å². The molecule has 20 heavy (non-hydrogen) atoms. The van der Waals surface area contributed by atoms with E-state index < -0.39 is 17.5 Å². The maximum atomic E-state index is 12.0. The third kappa shape index (κ3) is 5.04. The molecule has 0 bridgehead atoms. The topological polar surface area (TPSA) is 80.7 Å². The zero-order valence-corrected chi connectivity index (χ0v) is 12.9. The molecule has 2 unspecified atom stereocenters. The van der Waals surface area contributed by atoms with Gasteiger partial charge in [-0.3, -0.25) is 14.4 Å². The number of methoxy groups -OCH3 is 1. The second kappa shape index (κ2) is 8.84. The molecule has 0 aromatic rings. The van der Waals surface area contributed by atoms with Crippen molar-refractivity contribution < 1.29 is 24.2 Å². The zero-order chi connectivity index (χ0) is 15.8. The fraction of sp³-hybridized carbons (Fsp3) is 0.800. The highest BCUT2D eigenvalue weighted by atomic mass is 16.5. The van der Waals surface area contributed by atoms with Crippen LogP contribution in [-0.4, -0.2) is 35.9 Å². The van der Waals surface area contributed by atoms with E-state index in [-0.39, 0.29) is 30.8 Å². The fourth-order valence-electron chi connectivity index (χ4n) is 2.17. The summed E-state index contributed by atoms with van der Waals surface area (Å²) < 4.78 is 4.76. The summed E-state index contributed by atoms with van der Waals surface area (Å²) in [7, 11) is 1.23. The summed E-state index contributed by atoms with van der Waals surface area (Å²) in [6.07, 6.45) is 1.26. The van der Waals surface area contributed by atoms with E-state index in [4.69, 9.17) is 4.74 Å². The molecule has 0 spiro atoms. The average molecular weight is 286 g/mol. The monoisotopic (exact) mass is 286 g/mol. The lowest BCUT2D eigenvalue weighted by molar-refractivity contribution is -0.159. The van der Waals surface area contributed by atoms with E-state index in [9.17, 15) is 19.5 Å². The van der Waals surface area contributed by atoms with Crippen LogP contribution in [0.5, 0.6) is 0 Å². The predicted octanol–water partition coefficient (Wildman–Crippen LogP) is 2.05. The normalized spacial score (nSPS) is 15.2. The first kappa shape index (κ1) is 18.8. The van der Waals surface area contributed by atoms with E-state index in [1.165, 1.54) is 14.0 Å². The Hall–Kier alpha value is -1.23. The Bertz CT molecular complexity index is 350. The summed E-state index contributed by atoms with van der Waals surface area (Å²) in [6.45, 7) is 4.92. The zero-order valence-electron chi connectivity index (χ0n) is 12.9. The number of aliphatic hydroxyl groups excluding tert-OH is 1. The van der Waals surface area contributed by atoms with Gasteiger partial charge in [-0.1, -0.05) is 13.8 Å². The number of carbonyl (C=O) groups is 3. The highest BCUT2D eigenvalue weighted by molar-refractivity contribution is 6.03. The number of Topliss-reactive ketones (excluding diaryl/α,β-unsaturated/α-hetero) is 2. The molecule has 2 atom stereocenters. The Balaban J connectivity index is 5.10. The van der Waals surface area contributed by atoms with Crippen molar-refractivity contribution in [3.63, 3.8) is 0 Å². The molecule has 0 aliphatic heterocycles. The van der Waals surface area contributed by atoms with Crippen LogP contribution in [0, 0.1) is 5.41 Å². The number of ketones is 2. The molecule has 0 rings (SSSR count). The van der Waals surface area contributed by atoms with Crippen molar-refractivity contribution in [1.82, 2.24) is 0 Å². The number of hydrogen-bond donors (Lipinski definition) is 1. The van der Waals surface area contributed by atoms with Gasteiger partial charge in [0.05, 0.1) is 13.2 Å². The van der Waals surface area contributed by atoms with Crippen LogP contribution in [0.3, 0.4) is 0 Å². The summed E-state index contributed by atoms with van der Waals surface area (Å²) in [5.74, 6) is -0.913. The lowest BCUT2D eigenvalue weighted by Gasteiger charge is -2.29. The molecular weight excluding hydrogens is 260 g/mol.